The van der Waals surface area contributed by atoms with Crippen LogP contribution >= 0.6 is 11.6 Å². The Kier molecular flexibility index (Phi) is 4.22. The highest BCUT2D eigenvalue weighted by atomic mass is 35.5. The maximum Gasteiger partial charge on any atom is 0.326 e. The molecule has 1 N–H and O–H groups in total. The minimum Gasteiger partial charge on any atom is -0.480 e. The Morgan fingerprint density at radius 3 is 2.56 bits per heavy atom. The Bertz CT molecular complexity index is 1020. The minimum atomic E-state index is -1.08. The number of carboxylic acid groups (broad SMARTS) is 1. The number of nitrogens with zero attached hydrogens (tertiary/aromatic N) is 1. The smallest absolute Gasteiger partial charge is 0.326 e. The number of hydrogen-bond donors (Lipinski definition) is 1. The molecule has 1 atom stereocenters. The predicted molar refractivity (Wildman–Crippen MR) is 102 cm³/mol. The molecule has 1 saturated carbocycles. The minimum absolute atomic E-state index is 0.0186. The summed E-state index contributed by atoms with van der Waals surface area (Å²) in [5, 5.41) is 9.99. The molecule has 5 nitrogen and oxygen atoms in total. The zero-order chi connectivity index (χ0) is 19.3. The maximum atomic E-state index is 13.1. The molecule has 0 aliphatic heterocycles. The van der Waals surface area contributed by atoms with Crippen LogP contribution in [0.25, 0.3) is 11.1 Å². The van der Waals surface area contributed by atoms with E-state index in [0.29, 0.717) is 22.6 Å². The van der Waals surface area contributed by atoms with E-state index in [4.69, 9.17) is 11.6 Å². The number of ketones is 1. The summed E-state index contributed by atoms with van der Waals surface area (Å²) >= 11 is 6.20. The van der Waals surface area contributed by atoms with E-state index in [1.807, 2.05) is 12.1 Å². The van der Waals surface area contributed by atoms with Crippen LogP contribution in [0.2, 0.25) is 5.02 Å². The van der Waals surface area contributed by atoms with Crippen molar-refractivity contribution in [2.24, 2.45) is 5.41 Å². The van der Waals surface area contributed by atoms with E-state index in [1.54, 1.807) is 13.0 Å². The average molecular weight is 386 g/mol. The Labute approximate surface area is 161 Å². The number of carbonyl (C=O) groups is 2. The molecule has 0 amide bonds. The zero-order valence-corrected chi connectivity index (χ0v) is 15.8. The second kappa shape index (κ2) is 6.34. The van der Waals surface area contributed by atoms with Crippen molar-refractivity contribution in [3.63, 3.8) is 0 Å². The number of halogens is 1. The van der Waals surface area contributed by atoms with Crippen molar-refractivity contribution in [1.82, 2.24) is 4.57 Å². The van der Waals surface area contributed by atoms with Crippen molar-refractivity contribution in [1.29, 1.82) is 0 Å². The fourth-order valence-corrected chi connectivity index (χ4v) is 4.29. The molecule has 0 bridgehead atoms. The summed E-state index contributed by atoms with van der Waals surface area (Å²) in [4.78, 5) is 37.3. The van der Waals surface area contributed by atoms with Crippen molar-refractivity contribution in [2.75, 3.05) is 0 Å². The fourth-order valence-electron chi connectivity index (χ4n) is 4.11. The molecular weight excluding hydrogens is 366 g/mol. The lowest BCUT2D eigenvalue weighted by Gasteiger charge is -2.24. The second-order valence-electron chi connectivity index (χ2n) is 7.69. The molecule has 4 rings (SSSR count). The molecule has 1 fully saturated rings. The van der Waals surface area contributed by atoms with E-state index >= 15 is 0 Å². The normalized spacial score (nSPS) is 18.2. The second-order valence-corrected chi connectivity index (χ2v) is 8.12. The van der Waals surface area contributed by atoms with Crippen molar-refractivity contribution in [3.8, 4) is 11.1 Å². The number of carboxylic acids is 1. The van der Waals surface area contributed by atoms with Gasteiger partial charge in [-0.3, -0.25) is 9.59 Å². The van der Waals surface area contributed by atoms with Gasteiger partial charge in [0.15, 0.2) is 5.78 Å². The molecule has 140 valence electrons. The van der Waals surface area contributed by atoms with E-state index in [2.05, 4.69) is 0 Å². The highest BCUT2D eigenvalue weighted by Gasteiger charge is 2.46. The first kappa shape index (κ1) is 18.0. The Balaban J connectivity index is 1.97. The van der Waals surface area contributed by atoms with Crippen LogP contribution < -0.4 is 5.56 Å². The highest BCUT2D eigenvalue weighted by molar-refractivity contribution is 6.31. The van der Waals surface area contributed by atoms with Gasteiger partial charge in [0.25, 0.3) is 5.56 Å². The summed E-state index contributed by atoms with van der Waals surface area (Å²) in [6.07, 6.45) is 4.92. The molecule has 0 radical (unpaired) electrons. The van der Waals surface area contributed by atoms with E-state index < -0.39 is 17.6 Å². The molecule has 1 unspecified atom stereocenters. The third-order valence-electron chi connectivity index (χ3n) is 5.81. The molecule has 1 spiro atoms. The first-order valence-electron chi connectivity index (χ1n) is 9.14. The molecule has 2 aromatic rings. The van der Waals surface area contributed by atoms with Gasteiger partial charge in [0.2, 0.25) is 0 Å². The van der Waals surface area contributed by atoms with E-state index in [0.717, 1.165) is 30.4 Å². The predicted octanol–water partition coefficient (Wildman–Crippen LogP) is 4.11. The number of Topliss-reactive ketones (excluding diaryl/α,β-unsaturated/α-hetero) is 1. The number of aromatic nitrogens is 1. The van der Waals surface area contributed by atoms with Gasteiger partial charge in [-0.25, -0.2) is 4.79 Å². The summed E-state index contributed by atoms with van der Waals surface area (Å²) in [5.41, 5.74) is 2.38. The number of carbonyl (C=O) groups excluding carboxylic acids is 1. The quantitative estimate of drug-likeness (QED) is 0.862. The monoisotopic (exact) mass is 385 g/mol. The molecule has 1 aromatic heterocycles. The van der Waals surface area contributed by atoms with E-state index in [9.17, 15) is 19.5 Å². The van der Waals surface area contributed by atoms with Crippen LogP contribution in [0, 0.1) is 5.41 Å². The van der Waals surface area contributed by atoms with Crippen LogP contribution in [-0.2, 0) is 11.2 Å². The Morgan fingerprint density at radius 1 is 1.19 bits per heavy atom. The topological polar surface area (TPSA) is 76.4 Å². The van der Waals surface area contributed by atoms with Gasteiger partial charge in [0.1, 0.15) is 6.04 Å². The lowest BCUT2D eigenvalue weighted by atomic mass is 9.81. The first-order chi connectivity index (χ1) is 12.8. The number of benzene rings is 1. The van der Waals surface area contributed by atoms with Crippen LogP contribution in [-0.4, -0.2) is 21.4 Å². The van der Waals surface area contributed by atoms with Gasteiger partial charge in [-0.05, 0) is 59.9 Å². The largest absolute Gasteiger partial charge is 0.480 e. The summed E-state index contributed by atoms with van der Waals surface area (Å²) in [6, 6.07) is 5.99. The number of aliphatic carboxylic acids is 1. The van der Waals surface area contributed by atoms with Gasteiger partial charge in [-0.1, -0.05) is 24.6 Å². The highest BCUT2D eigenvalue weighted by Crippen LogP contribution is 2.54. The molecule has 6 heteroatoms. The summed E-state index contributed by atoms with van der Waals surface area (Å²) in [6.45, 7) is 1.71. The number of rotatable bonds is 3. The van der Waals surface area contributed by atoms with Crippen molar-refractivity contribution < 1.29 is 14.7 Å². The number of pyridine rings is 1. The lowest BCUT2D eigenvalue weighted by molar-refractivity contribution is -0.141. The van der Waals surface area contributed by atoms with Crippen LogP contribution in [0.5, 0.6) is 0 Å². The standard InChI is InChI=1S/C21H20ClNO4/c1-2-17(20(26)27)23-11-16-15(8-19(23)25)14-7-13(22)4-3-12(14)9-21(5-6-21)10-18(16)24/h3-4,7-8,11,17H,2,5-6,9-10H2,1H3,(H,26,27). The third kappa shape index (κ3) is 3.10. The Morgan fingerprint density at radius 2 is 1.93 bits per heavy atom. The van der Waals surface area contributed by atoms with Crippen molar-refractivity contribution >= 4 is 23.4 Å². The third-order valence-corrected chi connectivity index (χ3v) is 6.04. The van der Waals surface area contributed by atoms with E-state index in [1.165, 1.54) is 16.8 Å². The first-order valence-corrected chi connectivity index (χ1v) is 9.52. The van der Waals surface area contributed by atoms with Crippen LogP contribution in [0.1, 0.15) is 54.6 Å². The SMILES string of the molecule is CCC(C(=O)O)n1cc2c(cc1=O)-c1cc(Cl)ccc1CC1(CC1)CC2=O. The summed E-state index contributed by atoms with van der Waals surface area (Å²) in [7, 11) is 0. The van der Waals surface area contributed by atoms with Crippen LogP contribution in [0.3, 0.4) is 0 Å². The molecule has 2 aliphatic rings. The van der Waals surface area contributed by atoms with Gasteiger partial charge in [-0.2, -0.15) is 0 Å². The molecule has 1 aromatic carbocycles. The van der Waals surface area contributed by atoms with Gasteiger partial charge < -0.3 is 9.67 Å². The number of hydrogen-bond acceptors (Lipinski definition) is 3. The van der Waals surface area contributed by atoms with Crippen molar-refractivity contribution in [2.45, 2.75) is 45.1 Å². The lowest BCUT2D eigenvalue weighted by Crippen LogP contribution is -2.30. The molecule has 1 heterocycles. The zero-order valence-electron chi connectivity index (χ0n) is 15.0. The Hall–Kier alpha value is -2.40. The average Bonchev–Trinajstić information content (AvgIpc) is 3.36. The van der Waals surface area contributed by atoms with Crippen molar-refractivity contribution in [3.05, 3.63) is 57.0 Å². The van der Waals surface area contributed by atoms with Gasteiger partial charge >= 0.3 is 5.97 Å². The fraction of sp³-hybridized carbons (Fsp3) is 0.381. The maximum absolute atomic E-state index is 13.1. The van der Waals surface area contributed by atoms with Gasteiger partial charge in [0, 0.05) is 29.3 Å². The molecule has 2 aliphatic carbocycles. The summed E-state index contributed by atoms with van der Waals surface area (Å²) < 4.78 is 1.17. The number of fused-ring (bicyclic) bond motifs is 3. The molecule has 0 saturated heterocycles. The molecular formula is C21H20ClNO4. The van der Waals surface area contributed by atoms with Crippen LogP contribution in [0.4, 0.5) is 0 Å². The van der Waals surface area contributed by atoms with Crippen LogP contribution in [0.15, 0.2) is 35.3 Å². The van der Waals surface area contributed by atoms with Gasteiger partial charge in [-0.15, -0.1) is 0 Å². The van der Waals surface area contributed by atoms with E-state index in [-0.39, 0.29) is 17.6 Å². The summed E-state index contributed by atoms with van der Waals surface area (Å²) in [5.74, 6) is -1.12. The van der Waals surface area contributed by atoms with Gasteiger partial charge in [0.05, 0.1) is 0 Å². The molecule has 27 heavy (non-hydrogen) atoms.